The smallest absolute Gasteiger partial charge is 0.320 e. The molecule has 0 amide bonds. The molecule has 0 atom stereocenters. The molecule has 0 spiro atoms. The molecule has 5 aromatic carbocycles. The third kappa shape index (κ3) is 3.23. The van der Waals surface area contributed by atoms with Crippen molar-refractivity contribution in [3.8, 4) is 40.3 Å². The fraction of sp³-hybridized carbons (Fsp3) is 0.107. The minimum atomic E-state index is -0.117. The van der Waals surface area contributed by atoms with Gasteiger partial charge in [0.15, 0.2) is 11.6 Å². The molecule has 6 nitrogen and oxygen atoms in total. The second-order valence-corrected chi connectivity index (χ2v) is 8.29. The van der Waals surface area contributed by atoms with Gasteiger partial charge in [0.2, 0.25) is 0 Å². The molecule has 6 rings (SSSR count). The van der Waals surface area contributed by atoms with Gasteiger partial charge in [-0.25, -0.2) is 4.98 Å². The van der Waals surface area contributed by atoms with Crippen molar-refractivity contribution in [2.75, 3.05) is 6.61 Å². The Hall–Kier alpha value is -4.45. The van der Waals surface area contributed by atoms with Gasteiger partial charge in [-0.3, -0.25) is 0 Å². The molecular formula is C28H21N3O3. The van der Waals surface area contributed by atoms with Gasteiger partial charge in [-0.2, -0.15) is 9.97 Å². The predicted octanol–water partition coefficient (Wildman–Crippen LogP) is 6.30. The van der Waals surface area contributed by atoms with Crippen molar-refractivity contribution >= 4 is 32.3 Å². The van der Waals surface area contributed by atoms with Gasteiger partial charge >= 0.3 is 6.01 Å². The maximum Gasteiger partial charge on any atom is 0.320 e. The number of aromatic hydroxyl groups is 2. The molecule has 0 fully saturated rings. The zero-order chi connectivity index (χ0) is 23.2. The van der Waals surface area contributed by atoms with Crippen LogP contribution in [-0.2, 0) is 0 Å². The molecule has 0 saturated heterocycles. The average molecular weight is 447 g/mol. The molecular weight excluding hydrogens is 426 g/mol. The van der Waals surface area contributed by atoms with Crippen molar-refractivity contribution in [1.82, 2.24) is 15.0 Å². The van der Waals surface area contributed by atoms with E-state index in [9.17, 15) is 10.2 Å². The van der Waals surface area contributed by atoms with Crippen molar-refractivity contribution in [3.63, 3.8) is 0 Å². The van der Waals surface area contributed by atoms with E-state index in [1.165, 1.54) is 28.3 Å². The summed E-state index contributed by atoms with van der Waals surface area (Å²) in [4.78, 5) is 13.8. The summed E-state index contributed by atoms with van der Waals surface area (Å²) in [7, 11) is 0. The molecule has 1 heterocycles. The van der Waals surface area contributed by atoms with Crippen LogP contribution in [0.3, 0.4) is 0 Å². The summed E-state index contributed by atoms with van der Waals surface area (Å²) in [5, 5.41) is 27.0. The van der Waals surface area contributed by atoms with Gasteiger partial charge < -0.3 is 14.9 Å². The zero-order valence-corrected chi connectivity index (χ0v) is 18.5. The molecule has 0 saturated carbocycles. The molecule has 6 aromatic rings. The third-order valence-electron chi connectivity index (χ3n) is 6.02. The molecule has 0 aliphatic carbocycles. The summed E-state index contributed by atoms with van der Waals surface area (Å²) in [6.07, 6.45) is 0.804. The lowest BCUT2D eigenvalue weighted by molar-refractivity contribution is 0.292. The van der Waals surface area contributed by atoms with Crippen LogP contribution in [0.5, 0.6) is 17.5 Å². The van der Waals surface area contributed by atoms with E-state index in [-0.39, 0.29) is 23.3 Å². The van der Waals surface area contributed by atoms with Gasteiger partial charge in [-0.15, -0.1) is 0 Å². The first-order chi connectivity index (χ1) is 16.6. The Morgan fingerprint density at radius 1 is 0.706 bits per heavy atom. The topological polar surface area (TPSA) is 88.4 Å². The van der Waals surface area contributed by atoms with Crippen molar-refractivity contribution < 1.29 is 14.9 Å². The molecule has 0 unspecified atom stereocenters. The normalized spacial score (nSPS) is 11.6. The Labute approximate surface area is 195 Å². The van der Waals surface area contributed by atoms with E-state index in [0.29, 0.717) is 18.0 Å². The number of ether oxygens (including phenoxy) is 1. The van der Waals surface area contributed by atoms with Crippen LogP contribution in [0.25, 0.3) is 55.1 Å². The fourth-order valence-corrected chi connectivity index (χ4v) is 4.51. The molecule has 0 aliphatic heterocycles. The molecule has 1 aromatic heterocycles. The highest BCUT2D eigenvalue weighted by atomic mass is 16.5. The molecule has 2 N–H and O–H groups in total. The minimum Gasteiger partial charge on any atom is -0.508 e. The first-order valence-corrected chi connectivity index (χ1v) is 11.2. The van der Waals surface area contributed by atoms with Crippen molar-refractivity contribution in [3.05, 3.63) is 72.8 Å². The predicted molar refractivity (Wildman–Crippen MR) is 134 cm³/mol. The lowest BCUT2D eigenvalue weighted by Crippen LogP contribution is -2.05. The molecule has 166 valence electrons. The van der Waals surface area contributed by atoms with Gasteiger partial charge in [-0.1, -0.05) is 55.5 Å². The van der Waals surface area contributed by atoms with Crippen LogP contribution in [0.1, 0.15) is 13.3 Å². The number of rotatable bonds is 5. The van der Waals surface area contributed by atoms with E-state index in [1.54, 1.807) is 6.07 Å². The number of nitrogens with zero attached hydrogens (tertiary/aromatic N) is 3. The Balaban J connectivity index is 1.65. The van der Waals surface area contributed by atoms with E-state index >= 15 is 0 Å². The molecule has 0 bridgehead atoms. The second kappa shape index (κ2) is 7.85. The molecule has 34 heavy (non-hydrogen) atoms. The minimum absolute atomic E-state index is 0.0376. The Morgan fingerprint density at radius 2 is 1.41 bits per heavy atom. The number of hydrogen-bond donors (Lipinski definition) is 2. The summed E-state index contributed by atoms with van der Waals surface area (Å²) in [5.41, 5.74) is 1.25. The third-order valence-corrected chi connectivity index (χ3v) is 6.02. The van der Waals surface area contributed by atoms with Gasteiger partial charge in [0.25, 0.3) is 0 Å². The van der Waals surface area contributed by atoms with Gasteiger partial charge in [0.05, 0.1) is 12.2 Å². The average Bonchev–Trinajstić information content (AvgIpc) is 2.85. The maximum atomic E-state index is 10.5. The van der Waals surface area contributed by atoms with Crippen LogP contribution in [-0.4, -0.2) is 31.8 Å². The van der Waals surface area contributed by atoms with Crippen LogP contribution in [0, 0.1) is 0 Å². The second-order valence-electron chi connectivity index (χ2n) is 8.29. The molecule has 0 radical (unpaired) electrons. The summed E-state index contributed by atoms with van der Waals surface area (Å²) in [6, 6.07) is 23.4. The van der Waals surface area contributed by atoms with Gasteiger partial charge in [-0.05, 0) is 56.9 Å². The summed E-state index contributed by atoms with van der Waals surface area (Å²) in [6.45, 7) is 2.47. The number of benzene rings is 5. The number of phenolic OH excluding ortho intramolecular Hbond substituents is 2. The number of phenols is 2. The van der Waals surface area contributed by atoms with E-state index in [0.717, 1.165) is 28.1 Å². The number of hydrogen-bond acceptors (Lipinski definition) is 6. The lowest BCUT2D eigenvalue weighted by atomic mass is 9.91. The highest BCUT2D eigenvalue weighted by Crippen LogP contribution is 2.40. The lowest BCUT2D eigenvalue weighted by Gasteiger charge is -2.15. The summed E-state index contributed by atoms with van der Waals surface area (Å²) < 4.78 is 5.79. The largest absolute Gasteiger partial charge is 0.508 e. The van der Waals surface area contributed by atoms with Crippen molar-refractivity contribution in [2.45, 2.75) is 13.3 Å². The quantitative estimate of drug-likeness (QED) is 0.301. The summed E-state index contributed by atoms with van der Waals surface area (Å²) in [5.74, 6) is 0.583. The van der Waals surface area contributed by atoms with Crippen LogP contribution in [0.15, 0.2) is 72.8 Å². The van der Waals surface area contributed by atoms with E-state index in [2.05, 4.69) is 58.5 Å². The zero-order valence-electron chi connectivity index (χ0n) is 18.5. The Bertz CT molecular complexity index is 1680. The SMILES string of the molecule is CCCOc1nc(-c2ccc(O)cc2O)nc(-c2cc3cccc4ccc5cccc2c5c43)n1. The summed E-state index contributed by atoms with van der Waals surface area (Å²) >= 11 is 0. The standard InChI is InChI=1S/C28H21N3O3/c1-2-13-34-28-30-26(21-12-11-19(32)15-23(21)33)29-27(31-28)22-14-18-7-3-5-16-9-10-17-6-4-8-20(22)25(17)24(16)18/h3-12,14-15,32-33H,2,13H2,1H3. The highest BCUT2D eigenvalue weighted by Gasteiger charge is 2.18. The fourth-order valence-electron chi connectivity index (χ4n) is 4.51. The molecule has 0 aliphatic rings. The van der Waals surface area contributed by atoms with Crippen LogP contribution < -0.4 is 4.74 Å². The van der Waals surface area contributed by atoms with Gasteiger partial charge in [0, 0.05) is 11.6 Å². The molecule has 6 heteroatoms. The van der Waals surface area contributed by atoms with Crippen molar-refractivity contribution in [1.29, 1.82) is 0 Å². The van der Waals surface area contributed by atoms with Crippen LogP contribution in [0.4, 0.5) is 0 Å². The van der Waals surface area contributed by atoms with E-state index < -0.39 is 0 Å². The monoisotopic (exact) mass is 447 g/mol. The first kappa shape index (κ1) is 20.2. The first-order valence-electron chi connectivity index (χ1n) is 11.2. The Morgan fingerprint density at radius 3 is 2.18 bits per heavy atom. The maximum absolute atomic E-state index is 10.5. The van der Waals surface area contributed by atoms with Crippen LogP contribution in [0.2, 0.25) is 0 Å². The number of aromatic nitrogens is 3. The van der Waals surface area contributed by atoms with Crippen LogP contribution >= 0.6 is 0 Å². The van der Waals surface area contributed by atoms with Gasteiger partial charge in [0.1, 0.15) is 11.5 Å². The van der Waals surface area contributed by atoms with Crippen molar-refractivity contribution in [2.24, 2.45) is 0 Å². The Kier molecular flexibility index (Phi) is 4.66. The highest BCUT2D eigenvalue weighted by molar-refractivity contribution is 6.26. The van der Waals surface area contributed by atoms with E-state index in [4.69, 9.17) is 9.72 Å². The van der Waals surface area contributed by atoms with E-state index in [1.807, 2.05) is 13.0 Å².